The van der Waals surface area contributed by atoms with Gasteiger partial charge in [0, 0.05) is 90.8 Å². The number of ether oxygens (including phenoxy) is 2. The molecule has 0 unspecified atom stereocenters. The van der Waals surface area contributed by atoms with Crippen LogP contribution in [0.5, 0.6) is 17.2 Å². The van der Waals surface area contributed by atoms with Gasteiger partial charge in [0.25, 0.3) is 21.6 Å². The molecule has 1 aromatic heterocycles. The third-order valence-electron chi connectivity index (χ3n) is 12.0. The van der Waals surface area contributed by atoms with Gasteiger partial charge in [-0.25, -0.2) is 13.1 Å². The molecule has 2 saturated heterocycles. The standard InChI is InChI=1S/C48H53ClN8O7S/c1-53(2)28-29-63-45-8-4-6-38(33-10-12-34(49)13-11-33)41(45)32-55-24-26-56(27-25-55)36-14-16-40(47(30-36)64-46-9-5-7-42-39(46)18-21-50-42)48(58)52-65(61,62)37-15-17-43(44(31-37)57(59)60)51-35-19-22-54(3)23-20-35/h4-18,21,30-31,35,50-51H,19-20,22-29,32H2,1-3H3,(H,52,58). The number of hydrogen-bond donors (Lipinski definition) is 3. The molecule has 5 aromatic carbocycles. The molecule has 15 nitrogen and oxygen atoms in total. The van der Waals surface area contributed by atoms with Crippen molar-refractivity contribution in [1.29, 1.82) is 0 Å². The molecule has 0 atom stereocenters. The van der Waals surface area contributed by atoms with Gasteiger partial charge in [0.2, 0.25) is 0 Å². The van der Waals surface area contributed by atoms with E-state index < -0.39 is 31.4 Å². The second-order valence-corrected chi connectivity index (χ2v) is 18.9. The Kier molecular flexibility index (Phi) is 13.9. The van der Waals surface area contributed by atoms with Gasteiger partial charge in [0.05, 0.1) is 15.4 Å². The third-order valence-corrected chi connectivity index (χ3v) is 13.6. The van der Waals surface area contributed by atoms with E-state index in [1.165, 1.54) is 12.1 Å². The topological polar surface area (TPSA) is 166 Å². The third kappa shape index (κ3) is 10.9. The van der Waals surface area contributed by atoms with Crippen LogP contribution in [0.2, 0.25) is 5.02 Å². The number of carbonyl (C=O) groups is 1. The predicted molar refractivity (Wildman–Crippen MR) is 255 cm³/mol. The van der Waals surface area contributed by atoms with E-state index in [1.807, 2.05) is 75.7 Å². The second-order valence-electron chi connectivity index (χ2n) is 16.8. The second kappa shape index (κ2) is 19.9. The maximum absolute atomic E-state index is 14.0. The fourth-order valence-corrected chi connectivity index (χ4v) is 9.41. The normalized spacial score (nSPS) is 15.3. The van der Waals surface area contributed by atoms with Crippen LogP contribution in [0.3, 0.4) is 0 Å². The average molecular weight is 922 g/mol. The average Bonchev–Trinajstić information content (AvgIpc) is 3.78. The summed E-state index contributed by atoms with van der Waals surface area (Å²) in [5.41, 5.74) is 4.63. The zero-order chi connectivity index (χ0) is 45.7. The highest BCUT2D eigenvalue weighted by atomic mass is 35.5. The number of nitrogens with one attached hydrogen (secondary N) is 3. The van der Waals surface area contributed by atoms with Crippen LogP contribution in [0.25, 0.3) is 22.0 Å². The van der Waals surface area contributed by atoms with Gasteiger partial charge in [0.15, 0.2) is 0 Å². The van der Waals surface area contributed by atoms with Gasteiger partial charge < -0.3 is 34.5 Å². The lowest BCUT2D eigenvalue weighted by Crippen LogP contribution is -2.46. The number of likely N-dealkylation sites (N-methyl/N-ethyl adjacent to an activating group) is 1. The number of fused-ring (bicyclic) bond motifs is 1. The Morgan fingerprint density at radius 1 is 0.892 bits per heavy atom. The monoisotopic (exact) mass is 920 g/mol. The van der Waals surface area contributed by atoms with Crippen LogP contribution in [-0.4, -0.2) is 119 Å². The molecule has 0 aliphatic carbocycles. The minimum absolute atomic E-state index is 0.00372. The van der Waals surface area contributed by atoms with Crippen molar-refractivity contribution < 1.29 is 27.6 Å². The number of likely N-dealkylation sites (tertiary alicyclic amines) is 1. The largest absolute Gasteiger partial charge is 0.492 e. The number of benzene rings is 5. The highest BCUT2D eigenvalue weighted by Crippen LogP contribution is 2.37. The number of hydrogen-bond acceptors (Lipinski definition) is 12. The lowest BCUT2D eigenvalue weighted by molar-refractivity contribution is -0.384. The van der Waals surface area contributed by atoms with Gasteiger partial charge in [-0.2, -0.15) is 0 Å². The maximum Gasteiger partial charge on any atom is 0.293 e. The molecule has 2 aliphatic rings. The van der Waals surface area contributed by atoms with Crippen molar-refractivity contribution in [2.45, 2.75) is 30.3 Å². The number of nitro benzene ring substituents is 1. The summed E-state index contributed by atoms with van der Waals surface area (Å²) >= 11 is 6.26. The van der Waals surface area contributed by atoms with Crippen LogP contribution in [0.4, 0.5) is 17.1 Å². The van der Waals surface area contributed by atoms with Gasteiger partial charge in [-0.05, 0) is 119 Å². The SMILES string of the molecule is CN(C)CCOc1cccc(-c2ccc(Cl)cc2)c1CN1CCN(c2ccc(C(=O)NS(=O)(=O)c3ccc(NC4CCN(C)CC4)c([N+](=O)[O-])c3)c(Oc3cccc4[nH]ccc34)c2)CC1. The van der Waals surface area contributed by atoms with Crippen molar-refractivity contribution in [1.82, 2.24) is 24.4 Å². The number of halogens is 1. The van der Waals surface area contributed by atoms with Gasteiger partial charge in [-0.3, -0.25) is 19.8 Å². The van der Waals surface area contributed by atoms with Crippen LogP contribution in [0.1, 0.15) is 28.8 Å². The molecule has 0 saturated carbocycles. The Bertz CT molecular complexity index is 2770. The number of aromatic amines is 1. The van der Waals surface area contributed by atoms with E-state index in [9.17, 15) is 23.3 Å². The number of nitrogens with zero attached hydrogens (tertiary/aromatic N) is 5. The minimum Gasteiger partial charge on any atom is -0.492 e. The molecule has 0 spiro atoms. The van der Waals surface area contributed by atoms with Crippen molar-refractivity contribution >= 4 is 55.5 Å². The minimum atomic E-state index is -4.57. The summed E-state index contributed by atoms with van der Waals surface area (Å²) in [6.07, 6.45) is 3.36. The van der Waals surface area contributed by atoms with Crippen LogP contribution in [0, 0.1) is 10.1 Å². The summed E-state index contributed by atoms with van der Waals surface area (Å²) in [6, 6.07) is 30.1. The maximum atomic E-state index is 14.0. The van der Waals surface area contributed by atoms with Gasteiger partial charge in [-0.1, -0.05) is 41.9 Å². The van der Waals surface area contributed by atoms with Crippen molar-refractivity contribution in [2.75, 3.05) is 83.8 Å². The van der Waals surface area contributed by atoms with E-state index in [1.54, 1.807) is 30.5 Å². The van der Waals surface area contributed by atoms with Crippen molar-refractivity contribution in [3.05, 3.63) is 136 Å². The van der Waals surface area contributed by atoms with Crippen molar-refractivity contribution in [3.63, 3.8) is 0 Å². The van der Waals surface area contributed by atoms with E-state index in [0.29, 0.717) is 37.0 Å². The predicted octanol–water partition coefficient (Wildman–Crippen LogP) is 8.08. The molecule has 0 bridgehead atoms. The Hall–Kier alpha value is -6.17. The number of anilines is 2. The quantitative estimate of drug-likeness (QED) is 0.0633. The molecule has 340 valence electrons. The van der Waals surface area contributed by atoms with Crippen molar-refractivity contribution in [2.24, 2.45) is 0 Å². The number of H-pyrrole nitrogens is 1. The van der Waals surface area contributed by atoms with Crippen LogP contribution in [-0.2, 0) is 16.6 Å². The van der Waals surface area contributed by atoms with E-state index in [4.69, 9.17) is 21.1 Å². The molecule has 65 heavy (non-hydrogen) atoms. The Morgan fingerprint density at radius 3 is 2.37 bits per heavy atom. The van der Waals surface area contributed by atoms with Gasteiger partial charge in [-0.15, -0.1) is 0 Å². The zero-order valence-electron chi connectivity index (χ0n) is 36.6. The van der Waals surface area contributed by atoms with Gasteiger partial charge >= 0.3 is 0 Å². The van der Waals surface area contributed by atoms with Gasteiger partial charge in [0.1, 0.15) is 29.5 Å². The van der Waals surface area contributed by atoms with Crippen LogP contribution >= 0.6 is 11.6 Å². The summed E-state index contributed by atoms with van der Waals surface area (Å²) < 4.78 is 42.5. The van der Waals surface area contributed by atoms with Crippen LogP contribution in [0.15, 0.2) is 114 Å². The first-order chi connectivity index (χ1) is 31.3. The first kappa shape index (κ1) is 45.4. The fourth-order valence-electron chi connectivity index (χ4n) is 8.29. The van der Waals surface area contributed by atoms with E-state index in [2.05, 4.69) is 40.7 Å². The summed E-state index contributed by atoms with van der Waals surface area (Å²) in [4.78, 5) is 37.2. The molecule has 2 fully saturated rings. The molecular weight excluding hydrogens is 868 g/mol. The number of carbonyl (C=O) groups excluding carboxylic acids is 1. The molecule has 1 amide bonds. The van der Waals surface area contributed by atoms with Crippen LogP contribution < -0.4 is 24.4 Å². The van der Waals surface area contributed by atoms with E-state index >= 15 is 0 Å². The number of nitro groups is 1. The Labute approximate surface area is 384 Å². The lowest BCUT2D eigenvalue weighted by atomic mass is 9.98. The zero-order valence-corrected chi connectivity index (χ0v) is 38.2. The molecule has 0 radical (unpaired) electrons. The molecule has 3 N–H and O–H groups in total. The van der Waals surface area contributed by atoms with E-state index in [0.717, 1.165) is 90.7 Å². The smallest absolute Gasteiger partial charge is 0.293 e. The summed E-state index contributed by atoms with van der Waals surface area (Å²) in [7, 11) is 1.49. The summed E-state index contributed by atoms with van der Waals surface area (Å²) in [6.45, 7) is 6.44. The number of amides is 1. The Balaban J connectivity index is 1.02. The fraction of sp³-hybridized carbons (Fsp3) is 0.312. The molecule has 6 aromatic rings. The molecule has 3 heterocycles. The number of sulfonamides is 1. The highest BCUT2D eigenvalue weighted by Gasteiger charge is 2.28. The highest BCUT2D eigenvalue weighted by molar-refractivity contribution is 7.90. The first-order valence-electron chi connectivity index (χ1n) is 21.6. The summed E-state index contributed by atoms with van der Waals surface area (Å²) in [5.74, 6) is 0.504. The van der Waals surface area contributed by atoms with E-state index in [-0.39, 0.29) is 23.0 Å². The van der Waals surface area contributed by atoms with Crippen molar-refractivity contribution in [3.8, 4) is 28.4 Å². The molecule has 17 heteroatoms. The molecular formula is C48H53ClN8O7S. The molecule has 8 rings (SSSR count). The Morgan fingerprint density at radius 2 is 1.63 bits per heavy atom. The number of rotatable bonds is 16. The number of piperazine rings is 1. The number of piperidine rings is 1. The first-order valence-corrected chi connectivity index (χ1v) is 23.5. The number of aromatic nitrogens is 1. The summed E-state index contributed by atoms with van der Waals surface area (Å²) in [5, 5.41) is 16.8. The lowest BCUT2D eigenvalue weighted by Gasteiger charge is -2.37. The molecule has 2 aliphatic heterocycles.